The molecule has 0 bridgehead atoms. The third kappa shape index (κ3) is 1.89. The average molecular weight is 252 g/mol. The van der Waals surface area contributed by atoms with Gasteiger partial charge in [0, 0.05) is 11.6 Å². The maximum Gasteiger partial charge on any atom is 0.352 e. The summed E-state index contributed by atoms with van der Waals surface area (Å²) in [4.78, 5) is 14.0. The lowest BCUT2D eigenvalue weighted by Gasteiger charge is -2.10. The van der Waals surface area contributed by atoms with E-state index in [0.29, 0.717) is 5.56 Å². The zero-order valence-corrected chi connectivity index (χ0v) is 10.2. The molecule has 1 atom stereocenters. The van der Waals surface area contributed by atoms with E-state index in [1.807, 2.05) is 18.2 Å². The lowest BCUT2D eigenvalue weighted by atomic mass is 9.95. The number of fused-ring (bicyclic) bond motifs is 1. The van der Waals surface area contributed by atoms with Crippen molar-refractivity contribution in [3.63, 3.8) is 0 Å². The summed E-state index contributed by atoms with van der Waals surface area (Å²) in [6.45, 7) is 0. The highest BCUT2D eigenvalue weighted by molar-refractivity contribution is 5.86. The Labute approximate surface area is 110 Å². The number of nitriles is 1. The molecule has 0 aliphatic heterocycles. The number of nitrogens with zero attached hydrogens (tertiary/aromatic N) is 1. The van der Waals surface area contributed by atoms with Gasteiger partial charge in [0.1, 0.15) is 5.69 Å². The van der Waals surface area contributed by atoms with Gasteiger partial charge in [0.2, 0.25) is 0 Å². The Morgan fingerprint density at radius 2 is 2.26 bits per heavy atom. The van der Waals surface area contributed by atoms with Crippen LogP contribution >= 0.6 is 0 Å². The van der Waals surface area contributed by atoms with Crippen molar-refractivity contribution in [1.82, 2.24) is 4.98 Å². The first-order chi connectivity index (χ1) is 9.19. The molecule has 1 aromatic carbocycles. The molecule has 2 aromatic rings. The average Bonchev–Trinajstić information content (AvgIpc) is 2.98. The summed E-state index contributed by atoms with van der Waals surface area (Å²) in [6, 6.07) is 11.4. The van der Waals surface area contributed by atoms with Gasteiger partial charge in [-0.3, -0.25) is 0 Å². The number of aromatic nitrogens is 1. The fraction of sp³-hybridized carbons (Fsp3) is 0.200. The number of carboxylic acids is 1. The van der Waals surface area contributed by atoms with Gasteiger partial charge in [0.05, 0.1) is 11.6 Å². The Kier molecular flexibility index (Phi) is 2.60. The molecule has 0 radical (unpaired) electrons. The molecule has 4 nitrogen and oxygen atoms in total. The van der Waals surface area contributed by atoms with Crippen molar-refractivity contribution in [3.8, 4) is 6.07 Å². The van der Waals surface area contributed by atoms with Gasteiger partial charge in [-0.1, -0.05) is 12.1 Å². The summed E-state index contributed by atoms with van der Waals surface area (Å²) < 4.78 is 0. The highest BCUT2D eigenvalue weighted by atomic mass is 16.4. The highest BCUT2D eigenvalue weighted by Crippen LogP contribution is 2.38. The Balaban J connectivity index is 2.01. The molecule has 1 unspecified atom stereocenters. The maximum absolute atomic E-state index is 11.0. The fourth-order valence-corrected chi connectivity index (χ4v) is 2.75. The maximum atomic E-state index is 11.0. The first-order valence-corrected chi connectivity index (χ1v) is 6.14. The van der Waals surface area contributed by atoms with Crippen molar-refractivity contribution in [2.75, 3.05) is 0 Å². The van der Waals surface area contributed by atoms with E-state index in [4.69, 9.17) is 10.4 Å². The van der Waals surface area contributed by atoms with Crippen LogP contribution in [-0.2, 0) is 6.42 Å². The van der Waals surface area contributed by atoms with E-state index in [1.165, 1.54) is 0 Å². The molecule has 19 heavy (non-hydrogen) atoms. The minimum absolute atomic E-state index is 0.163. The first kappa shape index (κ1) is 11.5. The van der Waals surface area contributed by atoms with Gasteiger partial charge in [-0.25, -0.2) is 4.79 Å². The third-order valence-electron chi connectivity index (χ3n) is 3.63. The number of H-pyrrole nitrogens is 1. The predicted octanol–water partition coefficient (Wildman–Crippen LogP) is 2.66. The first-order valence-electron chi connectivity index (χ1n) is 6.14. The van der Waals surface area contributed by atoms with Gasteiger partial charge in [0.15, 0.2) is 0 Å². The predicted molar refractivity (Wildman–Crippen MR) is 69.1 cm³/mol. The van der Waals surface area contributed by atoms with Gasteiger partial charge in [-0.05, 0) is 42.2 Å². The Hall–Kier alpha value is -2.54. The second-order valence-corrected chi connectivity index (χ2v) is 4.76. The molecule has 94 valence electrons. The summed E-state index contributed by atoms with van der Waals surface area (Å²) in [5.74, 6) is -0.768. The molecule has 1 aromatic heterocycles. The summed E-state index contributed by atoms with van der Waals surface area (Å²) in [5.41, 5.74) is 4.00. The molecule has 4 heteroatoms. The minimum atomic E-state index is -0.932. The number of rotatable bonds is 2. The van der Waals surface area contributed by atoms with Crippen LogP contribution in [0.5, 0.6) is 0 Å². The summed E-state index contributed by atoms with van der Waals surface area (Å²) in [5, 5.41) is 17.9. The van der Waals surface area contributed by atoms with Crippen molar-refractivity contribution >= 4 is 5.97 Å². The SMILES string of the molecule is N#Cc1cccc(C2CCc3cc(C(=O)O)[nH]c32)c1. The number of aromatic amines is 1. The van der Waals surface area contributed by atoms with E-state index in [1.54, 1.807) is 12.1 Å². The number of aromatic carboxylic acids is 1. The second kappa shape index (κ2) is 4.29. The summed E-state index contributed by atoms with van der Waals surface area (Å²) >= 11 is 0. The molecule has 0 saturated carbocycles. The van der Waals surface area contributed by atoms with E-state index in [-0.39, 0.29) is 11.6 Å². The highest BCUT2D eigenvalue weighted by Gasteiger charge is 2.27. The van der Waals surface area contributed by atoms with Crippen molar-refractivity contribution in [1.29, 1.82) is 5.26 Å². The Morgan fingerprint density at radius 1 is 1.42 bits per heavy atom. The van der Waals surface area contributed by atoms with E-state index in [0.717, 1.165) is 29.7 Å². The van der Waals surface area contributed by atoms with Crippen molar-refractivity contribution < 1.29 is 9.90 Å². The molecule has 1 aliphatic carbocycles. The molecule has 1 heterocycles. The number of hydrogen-bond donors (Lipinski definition) is 2. The lowest BCUT2D eigenvalue weighted by molar-refractivity contribution is 0.0691. The smallest absolute Gasteiger partial charge is 0.352 e. The van der Waals surface area contributed by atoms with Crippen LogP contribution < -0.4 is 0 Å². The zero-order chi connectivity index (χ0) is 13.4. The van der Waals surface area contributed by atoms with Gasteiger partial charge in [0.25, 0.3) is 0 Å². The number of carboxylic acid groups (broad SMARTS) is 1. The zero-order valence-electron chi connectivity index (χ0n) is 10.2. The molecule has 0 saturated heterocycles. The van der Waals surface area contributed by atoms with Gasteiger partial charge < -0.3 is 10.1 Å². The van der Waals surface area contributed by atoms with E-state index in [2.05, 4.69) is 11.1 Å². The minimum Gasteiger partial charge on any atom is -0.477 e. The standard InChI is InChI=1S/C15H12N2O2/c16-8-9-2-1-3-10(6-9)12-5-4-11-7-13(15(18)19)17-14(11)12/h1-3,6-7,12,17H,4-5H2,(H,18,19). The van der Waals surface area contributed by atoms with Crippen LogP contribution in [0, 0.1) is 11.3 Å². The second-order valence-electron chi connectivity index (χ2n) is 4.76. The van der Waals surface area contributed by atoms with Gasteiger partial charge in [-0.2, -0.15) is 5.26 Å². The van der Waals surface area contributed by atoms with Crippen molar-refractivity contribution in [3.05, 3.63) is 58.4 Å². The molecule has 0 fully saturated rings. The Bertz CT molecular complexity index is 694. The third-order valence-corrected chi connectivity index (χ3v) is 3.63. The molecular weight excluding hydrogens is 240 g/mol. The molecule has 2 N–H and O–H groups in total. The van der Waals surface area contributed by atoms with Crippen LogP contribution in [0.1, 0.15) is 45.2 Å². The van der Waals surface area contributed by atoms with Crippen LogP contribution in [-0.4, -0.2) is 16.1 Å². The number of benzene rings is 1. The van der Waals surface area contributed by atoms with Crippen LogP contribution in [0.15, 0.2) is 30.3 Å². The molecular formula is C15H12N2O2. The van der Waals surface area contributed by atoms with E-state index in [9.17, 15) is 4.79 Å². The molecule has 1 aliphatic rings. The Morgan fingerprint density at radius 3 is 3.00 bits per heavy atom. The van der Waals surface area contributed by atoms with Crippen LogP contribution in [0.2, 0.25) is 0 Å². The van der Waals surface area contributed by atoms with Gasteiger partial charge >= 0.3 is 5.97 Å². The summed E-state index contributed by atoms with van der Waals surface area (Å²) in [7, 11) is 0. The van der Waals surface area contributed by atoms with Crippen molar-refractivity contribution in [2.45, 2.75) is 18.8 Å². The molecule has 0 amide bonds. The number of carbonyl (C=O) groups is 1. The number of nitrogens with one attached hydrogen (secondary N) is 1. The fourth-order valence-electron chi connectivity index (χ4n) is 2.75. The summed E-state index contributed by atoms with van der Waals surface area (Å²) in [6.07, 6.45) is 1.83. The van der Waals surface area contributed by atoms with E-state index >= 15 is 0 Å². The largest absolute Gasteiger partial charge is 0.477 e. The quantitative estimate of drug-likeness (QED) is 0.862. The number of aryl methyl sites for hydroxylation is 1. The van der Waals surface area contributed by atoms with Crippen LogP contribution in [0.4, 0.5) is 0 Å². The molecule has 3 rings (SSSR count). The topological polar surface area (TPSA) is 76.9 Å². The van der Waals surface area contributed by atoms with Crippen LogP contribution in [0.25, 0.3) is 0 Å². The van der Waals surface area contributed by atoms with Crippen LogP contribution in [0.3, 0.4) is 0 Å². The lowest BCUT2D eigenvalue weighted by Crippen LogP contribution is -2.01. The number of hydrogen-bond acceptors (Lipinski definition) is 2. The normalized spacial score (nSPS) is 16.9. The van der Waals surface area contributed by atoms with Gasteiger partial charge in [-0.15, -0.1) is 0 Å². The monoisotopic (exact) mass is 252 g/mol. The molecule has 0 spiro atoms. The van der Waals surface area contributed by atoms with E-state index < -0.39 is 5.97 Å². The van der Waals surface area contributed by atoms with Crippen molar-refractivity contribution in [2.24, 2.45) is 0 Å².